The molecule has 1 unspecified atom stereocenters. The average molecular weight is 328 g/mol. The van der Waals surface area contributed by atoms with E-state index in [9.17, 15) is 9.59 Å². The Morgan fingerprint density at radius 1 is 1.32 bits per heavy atom. The van der Waals surface area contributed by atoms with Crippen molar-refractivity contribution in [3.05, 3.63) is 29.3 Å². The van der Waals surface area contributed by atoms with Crippen LogP contribution in [0.5, 0.6) is 5.75 Å². The van der Waals surface area contributed by atoms with Crippen molar-refractivity contribution in [3.63, 3.8) is 0 Å². The van der Waals surface area contributed by atoms with Crippen molar-refractivity contribution in [3.8, 4) is 5.75 Å². The first kappa shape index (κ1) is 18.3. The molecular weight excluding hydrogens is 306 g/mol. The van der Waals surface area contributed by atoms with E-state index in [0.717, 1.165) is 0 Å². The summed E-state index contributed by atoms with van der Waals surface area (Å²) in [5, 5.41) is 12.1. The van der Waals surface area contributed by atoms with Crippen LogP contribution < -0.4 is 10.1 Å². The molecule has 1 aromatic carbocycles. The van der Waals surface area contributed by atoms with Gasteiger partial charge in [-0.2, -0.15) is 0 Å². The summed E-state index contributed by atoms with van der Waals surface area (Å²) in [6.07, 6.45) is 1.12. The fourth-order valence-electron chi connectivity index (χ4n) is 1.94. The Labute approximate surface area is 135 Å². The lowest BCUT2D eigenvalue weighted by molar-refractivity contribution is -0.142. The molecule has 0 aliphatic rings. The van der Waals surface area contributed by atoms with Crippen LogP contribution in [0.25, 0.3) is 0 Å². The zero-order valence-corrected chi connectivity index (χ0v) is 13.6. The maximum atomic E-state index is 11.8. The maximum Gasteiger partial charge on any atom is 0.326 e. The molecule has 0 aliphatic heterocycles. The second kappa shape index (κ2) is 9.30. The normalized spacial score (nSPS) is 12.0. The molecule has 6 heteroatoms. The Morgan fingerprint density at radius 2 is 2.00 bits per heavy atom. The summed E-state index contributed by atoms with van der Waals surface area (Å²) in [5.74, 6) is -0.511. The summed E-state index contributed by atoms with van der Waals surface area (Å²) in [4.78, 5) is 22.8. The van der Waals surface area contributed by atoms with E-state index in [4.69, 9.17) is 21.4 Å². The number of carboxylic acid groups (broad SMARTS) is 1. The van der Waals surface area contributed by atoms with Gasteiger partial charge in [-0.1, -0.05) is 37.6 Å². The molecule has 122 valence electrons. The van der Waals surface area contributed by atoms with Crippen molar-refractivity contribution in [2.75, 3.05) is 6.61 Å². The molecule has 0 saturated carbocycles. The third-order valence-electron chi connectivity index (χ3n) is 2.98. The first-order valence-electron chi connectivity index (χ1n) is 7.29. The lowest BCUT2D eigenvalue weighted by atomic mass is 10.0. The number of hydrogen-bond donors (Lipinski definition) is 2. The standard InChI is InChI=1S/C16H22ClNO4/c1-11(2)10-13(16(20)21)18-15(19)8-5-9-22-14-7-4-3-6-12(14)17/h3-4,6-7,11,13H,5,8-10H2,1-2H3,(H,18,19)(H,20,21). The summed E-state index contributed by atoms with van der Waals surface area (Å²) in [7, 11) is 0. The molecule has 1 aromatic rings. The van der Waals surface area contributed by atoms with Crippen LogP contribution in [-0.2, 0) is 9.59 Å². The summed E-state index contributed by atoms with van der Waals surface area (Å²) < 4.78 is 5.48. The minimum atomic E-state index is -1.01. The van der Waals surface area contributed by atoms with Crippen molar-refractivity contribution in [2.24, 2.45) is 5.92 Å². The number of carboxylic acids is 1. The quantitative estimate of drug-likeness (QED) is 0.683. The highest BCUT2D eigenvalue weighted by Gasteiger charge is 2.20. The number of nitrogens with one attached hydrogen (secondary N) is 1. The van der Waals surface area contributed by atoms with Gasteiger partial charge in [0.2, 0.25) is 5.91 Å². The van der Waals surface area contributed by atoms with Gasteiger partial charge in [-0.25, -0.2) is 4.79 Å². The highest BCUT2D eigenvalue weighted by atomic mass is 35.5. The van der Waals surface area contributed by atoms with Crippen molar-refractivity contribution < 1.29 is 19.4 Å². The molecule has 2 N–H and O–H groups in total. The van der Waals surface area contributed by atoms with Crippen LogP contribution in [0.2, 0.25) is 5.02 Å². The smallest absolute Gasteiger partial charge is 0.326 e. The number of ether oxygens (including phenoxy) is 1. The van der Waals surface area contributed by atoms with Crippen molar-refractivity contribution in [1.82, 2.24) is 5.32 Å². The number of amides is 1. The summed E-state index contributed by atoms with van der Waals surface area (Å²) in [6, 6.07) is 6.27. The van der Waals surface area contributed by atoms with Gasteiger partial charge in [0.15, 0.2) is 0 Å². The molecule has 0 saturated heterocycles. The Hall–Kier alpha value is -1.75. The molecule has 0 fully saturated rings. The predicted octanol–water partition coefficient (Wildman–Crippen LogP) is 3.11. The fourth-order valence-corrected chi connectivity index (χ4v) is 2.13. The minimum absolute atomic E-state index is 0.199. The van der Waals surface area contributed by atoms with E-state index >= 15 is 0 Å². The third kappa shape index (κ3) is 6.80. The van der Waals surface area contributed by atoms with Gasteiger partial charge in [-0.3, -0.25) is 4.79 Å². The largest absolute Gasteiger partial charge is 0.492 e. The van der Waals surface area contributed by atoms with Crippen LogP contribution in [0, 0.1) is 5.92 Å². The molecule has 0 spiro atoms. The Morgan fingerprint density at radius 3 is 2.59 bits per heavy atom. The summed E-state index contributed by atoms with van der Waals surface area (Å²) in [6.45, 7) is 4.18. The average Bonchev–Trinajstić information content (AvgIpc) is 2.44. The van der Waals surface area contributed by atoms with E-state index in [2.05, 4.69) is 5.32 Å². The van der Waals surface area contributed by atoms with Gasteiger partial charge >= 0.3 is 5.97 Å². The first-order chi connectivity index (χ1) is 10.4. The molecule has 1 atom stereocenters. The van der Waals surface area contributed by atoms with E-state index in [0.29, 0.717) is 30.2 Å². The lowest BCUT2D eigenvalue weighted by Crippen LogP contribution is -2.41. The molecular formula is C16H22ClNO4. The maximum absolute atomic E-state index is 11.8. The molecule has 22 heavy (non-hydrogen) atoms. The van der Waals surface area contributed by atoms with Gasteiger partial charge in [0.1, 0.15) is 11.8 Å². The number of carbonyl (C=O) groups excluding carboxylic acids is 1. The van der Waals surface area contributed by atoms with Gasteiger partial charge in [0.25, 0.3) is 0 Å². The molecule has 1 amide bonds. The van der Waals surface area contributed by atoms with Gasteiger partial charge in [0, 0.05) is 6.42 Å². The van der Waals surface area contributed by atoms with Gasteiger partial charge < -0.3 is 15.2 Å². The van der Waals surface area contributed by atoms with E-state index < -0.39 is 12.0 Å². The number of para-hydroxylation sites is 1. The molecule has 5 nitrogen and oxygen atoms in total. The van der Waals surface area contributed by atoms with Crippen LogP contribution in [0.1, 0.15) is 33.1 Å². The molecule has 0 bridgehead atoms. The van der Waals surface area contributed by atoms with Crippen LogP contribution in [0.15, 0.2) is 24.3 Å². The molecule has 0 radical (unpaired) electrons. The SMILES string of the molecule is CC(C)CC(NC(=O)CCCOc1ccccc1Cl)C(=O)O. The van der Waals surface area contributed by atoms with Crippen LogP contribution >= 0.6 is 11.6 Å². The Kier molecular flexibility index (Phi) is 7.74. The topological polar surface area (TPSA) is 75.6 Å². The van der Waals surface area contributed by atoms with Crippen molar-refractivity contribution in [1.29, 1.82) is 0 Å². The van der Waals surface area contributed by atoms with Gasteiger partial charge in [-0.15, -0.1) is 0 Å². The van der Waals surface area contributed by atoms with E-state index in [1.54, 1.807) is 12.1 Å². The predicted molar refractivity (Wildman–Crippen MR) is 85.2 cm³/mol. The zero-order chi connectivity index (χ0) is 16.5. The van der Waals surface area contributed by atoms with Crippen molar-refractivity contribution in [2.45, 2.75) is 39.2 Å². The lowest BCUT2D eigenvalue weighted by Gasteiger charge is -2.16. The number of carbonyl (C=O) groups is 2. The number of rotatable bonds is 9. The van der Waals surface area contributed by atoms with Crippen LogP contribution in [-0.4, -0.2) is 29.6 Å². The number of hydrogen-bond acceptors (Lipinski definition) is 3. The number of halogens is 1. The monoisotopic (exact) mass is 327 g/mol. The molecule has 0 heterocycles. The Balaban J connectivity index is 2.30. The van der Waals surface area contributed by atoms with E-state index in [1.165, 1.54) is 0 Å². The van der Waals surface area contributed by atoms with Gasteiger partial charge in [-0.05, 0) is 30.9 Å². The number of aliphatic carboxylic acids is 1. The number of benzene rings is 1. The molecule has 0 aliphatic carbocycles. The van der Waals surface area contributed by atoms with E-state index in [1.807, 2.05) is 26.0 Å². The third-order valence-corrected chi connectivity index (χ3v) is 3.30. The highest BCUT2D eigenvalue weighted by molar-refractivity contribution is 6.32. The van der Waals surface area contributed by atoms with Crippen LogP contribution in [0.4, 0.5) is 0 Å². The summed E-state index contributed by atoms with van der Waals surface area (Å²) >= 11 is 5.95. The van der Waals surface area contributed by atoms with Crippen molar-refractivity contribution >= 4 is 23.5 Å². The second-order valence-electron chi connectivity index (χ2n) is 5.47. The summed E-state index contributed by atoms with van der Waals surface area (Å²) in [5.41, 5.74) is 0. The Bertz CT molecular complexity index is 505. The second-order valence-corrected chi connectivity index (χ2v) is 5.88. The van der Waals surface area contributed by atoms with E-state index in [-0.39, 0.29) is 18.2 Å². The fraction of sp³-hybridized carbons (Fsp3) is 0.500. The highest BCUT2D eigenvalue weighted by Crippen LogP contribution is 2.23. The minimum Gasteiger partial charge on any atom is -0.492 e. The molecule has 0 aromatic heterocycles. The van der Waals surface area contributed by atoms with Crippen LogP contribution in [0.3, 0.4) is 0 Å². The van der Waals surface area contributed by atoms with Gasteiger partial charge in [0.05, 0.1) is 11.6 Å². The first-order valence-corrected chi connectivity index (χ1v) is 7.67. The zero-order valence-electron chi connectivity index (χ0n) is 12.8. The molecule has 1 rings (SSSR count).